The van der Waals surface area contributed by atoms with Crippen LogP contribution in [-0.2, 0) is 0 Å². The Morgan fingerprint density at radius 2 is 1.87 bits per heavy atom. The molecule has 2 heterocycles. The average molecular weight is 434 g/mol. The van der Waals surface area contributed by atoms with Crippen LogP contribution in [0.4, 0.5) is 0 Å². The summed E-state index contributed by atoms with van der Waals surface area (Å²) in [4.78, 5) is 27.0. The van der Waals surface area contributed by atoms with Gasteiger partial charge in [-0.1, -0.05) is 23.7 Å². The molecule has 0 saturated carbocycles. The number of carbonyl (C=O) groups is 2. The SMILES string of the molecule is N#Cc1ccc(C(=O)NC2CCN(C(=O)c3cc(-c4cccc(Cl)c4)n[nH]3)CC2)cc1. The van der Waals surface area contributed by atoms with Gasteiger partial charge in [-0.05, 0) is 55.3 Å². The molecule has 2 N–H and O–H groups in total. The summed E-state index contributed by atoms with van der Waals surface area (Å²) in [7, 11) is 0. The number of nitriles is 1. The number of nitrogens with zero attached hydrogens (tertiary/aromatic N) is 3. The summed E-state index contributed by atoms with van der Waals surface area (Å²) >= 11 is 6.03. The molecule has 7 nitrogen and oxygen atoms in total. The maximum absolute atomic E-state index is 12.8. The Labute approximate surface area is 184 Å². The molecule has 0 aliphatic carbocycles. The number of nitrogens with one attached hydrogen (secondary N) is 2. The van der Waals surface area contributed by atoms with Crippen molar-refractivity contribution >= 4 is 23.4 Å². The first-order valence-electron chi connectivity index (χ1n) is 9.95. The molecule has 3 aromatic rings. The minimum Gasteiger partial charge on any atom is -0.349 e. The van der Waals surface area contributed by atoms with Gasteiger partial charge < -0.3 is 10.2 Å². The Hall–Kier alpha value is -3.63. The van der Waals surface area contributed by atoms with Crippen molar-refractivity contribution in [2.24, 2.45) is 0 Å². The lowest BCUT2D eigenvalue weighted by Crippen LogP contribution is -2.46. The Morgan fingerprint density at radius 1 is 1.13 bits per heavy atom. The van der Waals surface area contributed by atoms with Gasteiger partial charge in [-0.15, -0.1) is 0 Å². The highest BCUT2D eigenvalue weighted by Gasteiger charge is 2.26. The van der Waals surface area contributed by atoms with Crippen LogP contribution in [0.1, 0.15) is 39.3 Å². The summed E-state index contributed by atoms with van der Waals surface area (Å²) in [5, 5.41) is 19.5. The van der Waals surface area contributed by atoms with Gasteiger partial charge in [-0.25, -0.2) is 0 Å². The Morgan fingerprint density at radius 3 is 2.55 bits per heavy atom. The van der Waals surface area contributed by atoms with Crippen molar-refractivity contribution in [1.82, 2.24) is 20.4 Å². The van der Waals surface area contributed by atoms with E-state index in [4.69, 9.17) is 16.9 Å². The zero-order chi connectivity index (χ0) is 21.8. The van der Waals surface area contributed by atoms with Crippen LogP contribution in [0.3, 0.4) is 0 Å². The molecular weight excluding hydrogens is 414 g/mol. The van der Waals surface area contributed by atoms with Crippen molar-refractivity contribution in [2.45, 2.75) is 18.9 Å². The largest absolute Gasteiger partial charge is 0.349 e. The summed E-state index contributed by atoms with van der Waals surface area (Å²) in [5.74, 6) is -0.286. The molecule has 31 heavy (non-hydrogen) atoms. The normalized spacial score (nSPS) is 14.1. The number of H-pyrrole nitrogens is 1. The number of carbonyl (C=O) groups excluding carboxylic acids is 2. The van der Waals surface area contributed by atoms with Crippen molar-refractivity contribution in [1.29, 1.82) is 5.26 Å². The van der Waals surface area contributed by atoms with Gasteiger partial charge >= 0.3 is 0 Å². The van der Waals surface area contributed by atoms with Crippen LogP contribution in [0.15, 0.2) is 54.6 Å². The fraction of sp³-hybridized carbons (Fsp3) is 0.217. The van der Waals surface area contributed by atoms with E-state index in [0.29, 0.717) is 53.5 Å². The molecule has 0 spiro atoms. The number of amides is 2. The van der Waals surface area contributed by atoms with Crippen molar-refractivity contribution in [3.63, 3.8) is 0 Å². The highest BCUT2D eigenvalue weighted by atomic mass is 35.5. The zero-order valence-electron chi connectivity index (χ0n) is 16.6. The number of rotatable bonds is 4. The van der Waals surface area contributed by atoms with Crippen LogP contribution in [-0.4, -0.2) is 46.0 Å². The molecule has 0 bridgehead atoms. The predicted octanol–water partition coefficient (Wildman–Crippen LogP) is 3.64. The molecule has 0 atom stereocenters. The first-order chi connectivity index (χ1) is 15.0. The molecule has 0 radical (unpaired) electrons. The lowest BCUT2D eigenvalue weighted by atomic mass is 10.0. The van der Waals surface area contributed by atoms with E-state index in [1.54, 1.807) is 47.4 Å². The third kappa shape index (κ3) is 4.76. The number of piperidine rings is 1. The third-order valence-electron chi connectivity index (χ3n) is 5.32. The lowest BCUT2D eigenvalue weighted by molar-refractivity contribution is 0.0692. The van der Waals surface area contributed by atoms with Gasteiger partial charge in [0.25, 0.3) is 11.8 Å². The van der Waals surface area contributed by atoms with Crippen molar-refractivity contribution in [3.8, 4) is 17.3 Å². The smallest absolute Gasteiger partial charge is 0.271 e. The first kappa shape index (κ1) is 20.6. The first-order valence-corrected chi connectivity index (χ1v) is 10.3. The van der Waals surface area contributed by atoms with Gasteiger partial charge in [0.1, 0.15) is 5.69 Å². The molecular formula is C23H20ClN5O2. The molecule has 4 rings (SSSR count). The van der Waals surface area contributed by atoms with Gasteiger partial charge in [0.2, 0.25) is 0 Å². The minimum absolute atomic E-state index is 0.00372. The Balaban J connectivity index is 1.33. The molecule has 1 aromatic heterocycles. The van der Waals surface area contributed by atoms with Crippen LogP contribution in [0.2, 0.25) is 5.02 Å². The van der Waals surface area contributed by atoms with Crippen molar-refractivity contribution in [2.75, 3.05) is 13.1 Å². The molecule has 8 heteroatoms. The van der Waals surface area contributed by atoms with E-state index in [1.165, 1.54) is 0 Å². The number of halogens is 1. The maximum atomic E-state index is 12.8. The third-order valence-corrected chi connectivity index (χ3v) is 5.56. The minimum atomic E-state index is -0.172. The highest BCUT2D eigenvalue weighted by Crippen LogP contribution is 2.22. The van der Waals surface area contributed by atoms with Crippen LogP contribution in [0, 0.1) is 11.3 Å². The van der Waals surface area contributed by atoms with Gasteiger partial charge in [-0.2, -0.15) is 10.4 Å². The second kappa shape index (κ2) is 9.02. The number of hydrogen-bond donors (Lipinski definition) is 2. The summed E-state index contributed by atoms with van der Waals surface area (Å²) in [6.07, 6.45) is 1.34. The van der Waals surface area contributed by atoms with Crippen LogP contribution in [0.25, 0.3) is 11.3 Å². The zero-order valence-corrected chi connectivity index (χ0v) is 17.4. The fourth-order valence-electron chi connectivity index (χ4n) is 3.59. The number of aromatic amines is 1. The molecule has 1 aliphatic heterocycles. The van der Waals surface area contributed by atoms with Gasteiger partial charge in [0, 0.05) is 35.3 Å². The summed E-state index contributed by atoms with van der Waals surface area (Å²) in [6, 6.07) is 17.6. The quantitative estimate of drug-likeness (QED) is 0.655. The van der Waals surface area contributed by atoms with E-state index in [0.717, 1.165) is 5.56 Å². The topological polar surface area (TPSA) is 102 Å². The second-order valence-corrected chi connectivity index (χ2v) is 7.84. The Kier molecular flexibility index (Phi) is 6.01. The molecule has 0 unspecified atom stereocenters. The fourth-order valence-corrected chi connectivity index (χ4v) is 3.78. The van der Waals surface area contributed by atoms with E-state index in [9.17, 15) is 9.59 Å². The Bertz CT molecular complexity index is 1140. The second-order valence-electron chi connectivity index (χ2n) is 7.41. The number of benzene rings is 2. The van der Waals surface area contributed by atoms with E-state index >= 15 is 0 Å². The molecule has 1 aliphatic rings. The van der Waals surface area contributed by atoms with Crippen molar-refractivity contribution < 1.29 is 9.59 Å². The van der Waals surface area contributed by atoms with E-state index in [1.807, 2.05) is 18.2 Å². The standard InChI is InChI=1S/C23H20ClN5O2/c24-18-3-1-2-17(12-18)20-13-21(28-27-20)23(31)29-10-8-19(9-11-29)26-22(30)16-6-4-15(14-25)5-7-16/h1-7,12-13,19H,8-11H2,(H,26,30)(H,27,28). The summed E-state index contributed by atoms with van der Waals surface area (Å²) in [6.45, 7) is 1.09. The molecule has 156 valence electrons. The average Bonchev–Trinajstić information content (AvgIpc) is 3.29. The van der Waals surface area contributed by atoms with Gasteiger partial charge in [0.15, 0.2) is 0 Å². The van der Waals surface area contributed by atoms with Gasteiger partial charge in [0.05, 0.1) is 17.3 Å². The maximum Gasteiger partial charge on any atom is 0.271 e. The molecule has 2 aromatic carbocycles. The number of hydrogen-bond acceptors (Lipinski definition) is 4. The highest BCUT2D eigenvalue weighted by molar-refractivity contribution is 6.30. The lowest BCUT2D eigenvalue weighted by Gasteiger charge is -2.32. The van der Waals surface area contributed by atoms with Crippen LogP contribution < -0.4 is 5.32 Å². The van der Waals surface area contributed by atoms with E-state index < -0.39 is 0 Å². The number of likely N-dealkylation sites (tertiary alicyclic amines) is 1. The molecule has 1 fully saturated rings. The van der Waals surface area contributed by atoms with E-state index in [-0.39, 0.29) is 17.9 Å². The van der Waals surface area contributed by atoms with Crippen molar-refractivity contribution in [3.05, 3.63) is 76.4 Å². The monoisotopic (exact) mass is 433 g/mol. The summed E-state index contributed by atoms with van der Waals surface area (Å²) < 4.78 is 0. The van der Waals surface area contributed by atoms with E-state index in [2.05, 4.69) is 15.5 Å². The van der Waals surface area contributed by atoms with Crippen LogP contribution in [0.5, 0.6) is 0 Å². The van der Waals surface area contributed by atoms with Gasteiger partial charge in [-0.3, -0.25) is 14.7 Å². The molecule has 2 amide bonds. The predicted molar refractivity (Wildman–Crippen MR) is 117 cm³/mol. The number of aromatic nitrogens is 2. The van der Waals surface area contributed by atoms with Crippen LogP contribution >= 0.6 is 11.6 Å². The summed E-state index contributed by atoms with van der Waals surface area (Å²) in [5.41, 5.74) is 2.96. The molecule has 1 saturated heterocycles.